The molecule has 0 radical (unpaired) electrons. The Morgan fingerprint density at radius 3 is 1.17 bits per heavy atom. The van der Waals surface area contributed by atoms with Crippen LogP contribution in [0.25, 0.3) is 0 Å². The molecule has 0 saturated carbocycles. The molecule has 32 valence electrons. The molecule has 6 heteroatoms. The molecule has 0 aromatic rings. The fourth-order valence-electron chi connectivity index (χ4n) is 0. The molecule has 0 fully saturated rings. The number of hydrogen-bond donors (Lipinski definition) is 3. The van der Waals surface area contributed by atoms with Crippen LogP contribution in [0.1, 0.15) is 2.85 Å². The third kappa shape index (κ3) is 32.4. The van der Waals surface area contributed by atoms with Crippen molar-refractivity contribution in [3.63, 3.8) is 0 Å². The molecule has 0 atom stereocenters. The van der Waals surface area contributed by atoms with E-state index in [9.17, 15) is 0 Å². The van der Waals surface area contributed by atoms with Gasteiger partial charge in [0, 0.05) is 26.2 Å². The number of hydrogen-bond acceptors (Lipinski definition) is 3. The average molecular weight is 292 g/mol. The molecule has 0 bridgehead atoms. The van der Waals surface area contributed by atoms with Crippen molar-refractivity contribution >= 4 is 56.2 Å². The van der Waals surface area contributed by atoms with Gasteiger partial charge in [0.05, 0.1) is 0 Å². The van der Waals surface area contributed by atoms with E-state index in [-0.39, 0.29) is 77.9 Å². The summed E-state index contributed by atoms with van der Waals surface area (Å²) in [6.07, 6.45) is 0. The van der Waals surface area contributed by atoms with E-state index in [0.29, 0.717) is 0 Å². The van der Waals surface area contributed by atoms with E-state index >= 15 is 0 Å². The summed E-state index contributed by atoms with van der Waals surface area (Å²) >= 11 is 0. The SMILES string of the molecule is OB(O)O.[Ba+2].[H-].[H-].[Zr]. The molecule has 0 rings (SSSR count). The van der Waals surface area contributed by atoms with Crippen LogP contribution in [0, 0.1) is 0 Å². The standard InChI is InChI=1S/BH3O3.Ba.Zr.2H/c2-1(3)4;;;;/h2-4H;;;;/q;+2;;2*-1. The molecule has 0 unspecified atom stereocenters. The van der Waals surface area contributed by atoms with E-state index in [1.54, 1.807) is 0 Å². The topological polar surface area (TPSA) is 60.7 Å². The minimum Gasteiger partial charge on any atom is -1.00 e. The van der Waals surface area contributed by atoms with Gasteiger partial charge in [-0.25, -0.2) is 0 Å². The predicted molar refractivity (Wildman–Crippen MR) is 20.4 cm³/mol. The first kappa shape index (κ1) is 15.8. The maximum Gasteiger partial charge on any atom is 2.00 e. The van der Waals surface area contributed by atoms with Gasteiger partial charge in [0.1, 0.15) is 0 Å². The van der Waals surface area contributed by atoms with Gasteiger partial charge in [0.25, 0.3) is 0 Å². The molecule has 0 heterocycles. The molecule has 0 aliphatic carbocycles. The summed E-state index contributed by atoms with van der Waals surface area (Å²) < 4.78 is 0. The van der Waals surface area contributed by atoms with Crippen LogP contribution >= 0.6 is 0 Å². The average Bonchev–Trinajstić information content (AvgIpc) is 0.811. The van der Waals surface area contributed by atoms with Crippen molar-refractivity contribution in [2.75, 3.05) is 0 Å². The Morgan fingerprint density at radius 2 is 1.17 bits per heavy atom. The Morgan fingerprint density at radius 1 is 1.17 bits per heavy atom. The summed E-state index contributed by atoms with van der Waals surface area (Å²) in [5, 5.41) is 21.5. The third-order valence-electron chi connectivity index (χ3n) is 0. The van der Waals surface area contributed by atoms with E-state index in [1.165, 1.54) is 0 Å². The van der Waals surface area contributed by atoms with E-state index in [2.05, 4.69) is 0 Å². The molecule has 6 heavy (non-hydrogen) atoms. The van der Waals surface area contributed by atoms with Crippen LogP contribution in [0.3, 0.4) is 0 Å². The Bertz CT molecular complexity index is 22.0. The van der Waals surface area contributed by atoms with Crippen LogP contribution in [-0.4, -0.2) is 71.3 Å². The minimum absolute atomic E-state index is 0. The van der Waals surface area contributed by atoms with Gasteiger partial charge >= 0.3 is 56.2 Å². The van der Waals surface area contributed by atoms with Crippen molar-refractivity contribution < 1.29 is 44.1 Å². The monoisotopic (exact) mass is 292 g/mol. The van der Waals surface area contributed by atoms with Crippen molar-refractivity contribution in [2.45, 2.75) is 0 Å². The van der Waals surface area contributed by atoms with Crippen molar-refractivity contribution in [3.05, 3.63) is 0 Å². The molecular formula is H5BBaO3Zr. The molecular weight excluding hydrogens is 287 g/mol. The molecule has 3 N–H and O–H groups in total. The maximum atomic E-state index is 7.17. The van der Waals surface area contributed by atoms with Gasteiger partial charge in [-0.1, -0.05) is 0 Å². The van der Waals surface area contributed by atoms with Gasteiger partial charge in [0.2, 0.25) is 0 Å². The molecule has 0 saturated heterocycles. The predicted octanol–water partition coefficient (Wildman–Crippen LogP) is -2.21. The van der Waals surface area contributed by atoms with Crippen molar-refractivity contribution in [1.82, 2.24) is 0 Å². The van der Waals surface area contributed by atoms with E-state index in [4.69, 9.17) is 15.1 Å². The molecule has 3 nitrogen and oxygen atoms in total. The van der Waals surface area contributed by atoms with Crippen molar-refractivity contribution in [3.8, 4) is 0 Å². The van der Waals surface area contributed by atoms with E-state index in [0.717, 1.165) is 0 Å². The second-order valence-corrected chi connectivity index (χ2v) is 0.346. The fourth-order valence-corrected chi connectivity index (χ4v) is 0. The van der Waals surface area contributed by atoms with Gasteiger partial charge in [-0.2, -0.15) is 0 Å². The largest absolute Gasteiger partial charge is 2.00 e. The van der Waals surface area contributed by atoms with Crippen molar-refractivity contribution in [1.29, 1.82) is 0 Å². The Kier molecular flexibility index (Phi) is 27.3. The van der Waals surface area contributed by atoms with Crippen LogP contribution in [0.5, 0.6) is 0 Å². The Hall–Kier alpha value is 2.40. The normalized spacial score (nSPS) is 4.50. The van der Waals surface area contributed by atoms with Gasteiger partial charge < -0.3 is 17.9 Å². The third-order valence-corrected chi connectivity index (χ3v) is 0. The molecule has 0 aliphatic rings. The second-order valence-electron chi connectivity index (χ2n) is 0.346. The summed E-state index contributed by atoms with van der Waals surface area (Å²) in [5.41, 5.74) is 0. The molecule has 0 amide bonds. The zero-order chi connectivity index (χ0) is 3.58. The molecule has 0 spiro atoms. The zero-order valence-corrected chi connectivity index (χ0v) is 10.0. The summed E-state index contributed by atoms with van der Waals surface area (Å²) in [6, 6.07) is 0. The van der Waals surface area contributed by atoms with E-state index in [1.807, 2.05) is 0 Å². The first-order valence-electron chi connectivity index (χ1n) is 0.775. The van der Waals surface area contributed by atoms with Crippen LogP contribution < -0.4 is 0 Å². The number of rotatable bonds is 0. The minimum atomic E-state index is -2.17. The van der Waals surface area contributed by atoms with Gasteiger partial charge in [0.15, 0.2) is 0 Å². The summed E-state index contributed by atoms with van der Waals surface area (Å²) in [6.45, 7) is 0. The van der Waals surface area contributed by atoms with Crippen LogP contribution in [0.15, 0.2) is 0 Å². The van der Waals surface area contributed by atoms with Crippen LogP contribution in [0.2, 0.25) is 0 Å². The van der Waals surface area contributed by atoms with Crippen LogP contribution in [0.4, 0.5) is 0 Å². The fraction of sp³-hybridized carbons (Fsp3) is 0. The van der Waals surface area contributed by atoms with Gasteiger partial charge in [-0.05, 0) is 0 Å². The second kappa shape index (κ2) is 10.4. The first-order chi connectivity index (χ1) is 1.73. The van der Waals surface area contributed by atoms with Gasteiger partial charge in [-0.3, -0.25) is 0 Å². The first-order valence-corrected chi connectivity index (χ1v) is 0.775. The van der Waals surface area contributed by atoms with E-state index < -0.39 is 7.32 Å². The zero-order valence-electron chi connectivity index (χ0n) is 5.13. The maximum absolute atomic E-state index is 7.17. The van der Waals surface area contributed by atoms with Crippen molar-refractivity contribution in [2.24, 2.45) is 0 Å². The summed E-state index contributed by atoms with van der Waals surface area (Å²) in [7, 11) is -2.17. The molecule has 0 aromatic heterocycles. The Labute approximate surface area is 98.5 Å². The summed E-state index contributed by atoms with van der Waals surface area (Å²) in [4.78, 5) is 0. The van der Waals surface area contributed by atoms with Crippen LogP contribution in [-0.2, 0) is 26.2 Å². The Balaban J connectivity index is -0.00000000750. The van der Waals surface area contributed by atoms with Gasteiger partial charge in [-0.15, -0.1) is 0 Å². The summed E-state index contributed by atoms with van der Waals surface area (Å²) in [5.74, 6) is 0. The molecule has 0 aromatic carbocycles. The molecule has 0 aliphatic heterocycles. The smallest absolute Gasteiger partial charge is 1.00 e. The quantitative estimate of drug-likeness (QED) is 0.444.